The minimum Gasteiger partial charge on any atom is -0.508 e. The first-order valence-electron chi connectivity index (χ1n) is 4.33. The second-order valence-electron chi connectivity index (χ2n) is 2.99. The molecule has 1 rings (SSSR count). The molecule has 0 aromatic heterocycles. The summed E-state index contributed by atoms with van der Waals surface area (Å²) in [6.07, 6.45) is 1.03. The van der Waals surface area contributed by atoms with Crippen LogP contribution in [-0.4, -0.2) is 16.8 Å². The van der Waals surface area contributed by atoms with E-state index in [1.807, 2.05) is 0 Å². The van der Waals surface area contributed by atoms with Crippen LogP contribution in [-0.2, 0) is 0 Å². The molecule has 0 spiro atoms. The molecule has 14 heavy (non-hydrogen) atoms. The molecule has 1 aromatic rings. The number of nitrogens with two attached hydrogens (primary N) is 1. The number of ketones is 1. The average Bonchev–Trinajstić information content (AvgIpc) is 2.14. The van der Waals surface area contributed by atoms with E-state index in [9.17, 15) is 4.79 Å². The zero-order valence-electron chi connectivity index (χ0n) is 7.66. The van der Waals surface area contributed by atoms with Gasteiger partial charge in [0, 0.05) is 29.6 Å². The number of benzene rings is 1. The Kier molecular flexibility index (Phi) is 3.77. The van der Waals surface area contributed by atoms with Gasteiger partial charge in [0.25, 0.3) is 0 Å². The third-order valence-corrected chi connectivity index (χ3v) is 2.14. The average molecular weight is 214 g/mol. The van der Waals surface area contributed by atoms with Gasteiger partial charge >= 0.3 is 0 Å². The van der Waals surface area contributed by atoms with Gasteiger partial charge < -0.3 is 10.8 Å². The maximum atomic E-state index is 11.5. The molecule has 0 unspecified atom stereocenters. The summed E-state index contributed by atoms with van der Waals surface area (Å²) in [6, 6.07) is 4.35. The van der Waals surface area contributed by atoms with Gasteiger partial charge in [-0.1, -0.05) is 0 Å². The first kappa shape index (κ1) is 10.9. The van der Waals surface area contributed by atoms with Crippen molar-refractivity contribution in [1.82, 2.24) is 0 Å². The van der Waals surface area contributed by atoms with Crippen molar-refractivity contribution >= 4 is 23.1 Å². The first-order chi connectivity index (χ1) is 6.65. The first-order valence-corrected chi connectivity index (χ1v) is 4.86. The largest absolute Gasteiger partial charge is 0.508 e. The van der Waals surface area contributed by atoms with Crippen molar-refractivity contribution in [2.24, 2.45) is 0 Å². The van der Waals surface area contributed by atoms with Gasteiger partial charge in [-0.3, -0.25) is 4.79 Å². The summed E-state index contributed by atoms with van der Waals surface area (Å²) in [5, 5.41) is 9.08. The second-order valence-corrected chi connectivity index (χ2v) is 3.37. The number of phenolic OH excluding ortho intramolecular Hbond substituents is 1. The van der Waals surface area contributed by atoms with E-state index in [0.29, 0.717) is 30.0 Å². The topological polar surface area (TPSA) is 63.3 Å². The molecule has 0 heterocycles. The number of aromatic hydroxyl groups is 1. The molecule has 0 radical (unpaired) electrons. The normalized spacial score (nSPS) is 10.1. The zero-order valence-corrected chi connectivity index (χ0v) is 8.42. The zero-order chi connectivity index (χ0) is 10.6. The molecule has 3 N–H and O–H groups in total. The van der Waals surface area contributed by atoms with Crippen molar-refractivity contribution in [2.45, 2.75) is 12.8 Å². The molecule has 0 aliphatic heterocycles. The Hall–Kier alpha value is -1.22. The SMILES string of the molecule is Nc1cc(O)ccc1C(=O)CCCCl. The molecule has 0 aliphatic carbocycles. The van der Waals surface area contributed by atoms with Crippen LogP contribution in [0.15, 0.2) is 18.2 Å². The van der Waals surface area contributed by atoms with Crippen molar-refractivity contribution < 1.29 is 9.90 Å². The fraction of sp³-hybridized carbons (Fsp3) is 0.300. The van der Waals surface area contributed by atoms with Crippen LogP contribution in [0.5, 0.6) is 5.75 Å². The number of halogens is 1. The number of rotatable bonds is 4. The van der Waals surface area contributed by atoms with E-state index in [4.69, 9.17) is 22.4 Å². The summed E-state index contributed by atoms with van der Waals surface area (Å²) in [7, 11) is 0. The predicted molar refractivity (Wildman–Crippen MR) is 56.8 cm³/mol. The van der Waals surface area contributed by atoms with Crippen LogP contribution in [0.1, 0.15) is 23.2 Å². The lowest BCUT2D eigenvalue weighted by Gasteiger charge is -2.04. The van der Waals surface area contributed by atoms with E-state index < -0.39 is 0 Å². The maximum Gasteiger partial charge on any atom is 0.164 e. The molecule has 0 bridgehead atoms. The molecule has 0 atom stereocenters. The van der Waals surface area contributed by atoms with E-state index >= 15 is 0 Å². The minimum atomic E-state index is -0.0387. The Morgan fingerprint density at radius 2 is 2.21 bits per heavy atom. The number of Topliss-reactive ketones (excluding diaryl/α,β-unsaturated/α-hetero) is 1. The molecule has 0 fully saturated rings. The van der Waals surface area contributed by atoms with Gasteiger partial charge in [0.15, 0.2) is 5.78 Å². The van der Waals surface area contributed by atoms with E-state index in [1.165, 1.54) is 18.2 Å². The molecule has 4 heteroatoms. The highest BCUT2D eigenvalue weighted by molar-refractivity contribution is 6.18. The molecule has 0 saturated heterocycles. The third-order valence-electron chi connectivity index (χ3n) is 1.87. The lowest BCUT2D eigenvalue weighted by molar-refractivity contribution is 0.0983. The third kappa shape index (κ3) is 2.64. The summed E-state index contributed by atoms with van der Waals surface area (Å²) in [5.74, 6) is 0.489. The van der Waals surface area contributed by atoms with Crippen molar-refractivity contribution in [3.05, 3.63) is 23.8 Å². The fourth-order valence-electron chi connectivity index (χ4n) is 1.17. The lowest BCUT2D eigenvalue weighted by Crippen LogP contribution is -2.03. The van der Waals surface area contributed by atoms with Crippen LogP contribution in [0.4, 0.5) is 5.69 Å². The van der Waals surface area contributed by atoms with Crippen LogP contribution >= 0.6 is 11.6 Å². The number of hydrogen-bond acceptors (Lipinski definition) is 3. The van der Waals surface area contributed by atoms with Crippen LogP contribution in [0.3, 0.4) is 0 Å². The molecular weight excluding hydrogens is 202 g/mol. The second kappa shape index (κ2) is 4.86. The van der Waals surface area contributed by atoms with Gasteiger partial charge in [0.05, 0.1) is 0 Å². The van der Waals surface area contributed by atoms with Crippen molar-refractivity contribution in [1.29, 1.82) is 0 Å². The number of carbonyl (C=O) groups is 1. The Labute approximate surface area is 87.5 Å². The lowest BCUT2D eigenvalue weighted by atomic mass is 10.1. The summed E-state index contributed by atoms with van der Waals surface area (Å²) >= 11 is 5.47. The number of alkyl halides is 1. The molecule has 0 aliphatic rings. The van der Waals surface area contributed by atoms with E-state index in [1.54, 1.807) is 0 Å². The van der Waals surface area contributed by atoms with Crippen LogP contribution in [0.25, 0.3) is 0 Å². The van der Waals surface area contributed by atoms with Gasteiger partial charge in [-0.25, -0.2) is 0 Å². The summed E-state index contributed by atoms with van der Waals surface area (Å²) in [6.45, 7) is 0. The summed E-state index contributed by atoms with van der Waals surface area (Å²) in [4.78, 5) is 11.5. The van der Waals surface area contributed by atoms with Crippen LogP contribution in [0.2, 0.25) is 0 Å². The molecule has 0 amide bonds. The van der Waals surface area contributed by atoms with Crippen LogP contribution in [0, 0.1) is 0 Å². The molecule has 0 saturated carbocycles. The highest BCUT2D eigenvalue weighted by atomic mass is 35.5. The van der Waals surface area contributed by atoms with Gasteiger partial charge in [-0.05, 0) is 18.6 Å². The van der Waals surface area contributed by atoms with E-state index in [-0.39, 0.29) is 11.5 Å². The number of hydrogen-bond donors (Lipinski definition) is 2. The van der Waals surface area contributed by atoms with Crippen molar-refractivity contribution in [3.63, 3.8) is 0 Å². The summed E-state index contributed by atoms with van der Waals surface area (Å²) in [5.41, 5.74) is 6.34. The maximum absolute atomic E-state index is 11.5. The van der Waals surface area contributed by atoms with Gasteiger partial charge in [0.1, 0.15) is 5.75 Å². The van der Waals surface area contributed by atoms with Gasteiger partial charge in [-0.2, -0.15) is 0 Å². The highest BCUT2D eigenvalue weighted by Crippen LogP contribution is 2.20. The Morgan fingerprint density at radius 3 is 2.79 bits per heavy atom. The Balaban J connectivity index is 2.80. The number of anilines is 1. The highest BCUT2D eigenvalue weighted by Gasteiger charge is 2.09. The van der Waals surface area contributed by atoms with Crippen LogP contribution < -0.4 is 5.73 Å². The molecular formula is C10H12ClNO2. The minimum absolute atomic E-state index is 0.0387. The van der Waals surface area contributed by atoms with Gasteiger partial charge in [-0.15, -0.1) is 11.6 Å². The fourth-order valence-corrected chi connectivity index (χ4v) is 1.30. The number of carbonyl (C=O) groups excluding carboxylic acids is 1. The quantitative estimate of drug-likeness (QED) is 0.458. The van der Waals surface area contributed by atoms with Crippen molar-refractivity contribution in [3.8, 4) is 5.75 Å². The molecule has 76 valence electrons. The van der Waals surface area contributed by atoms with E-state index in [0.717, 1.165) is 0 Å². The standard InChI is InChI=1S/C10H12ClNO2/c11-5-1-2-10(14)8-4-3-7(13)6-9(8)12/h3-4,6,13H,1-2,5,12H2. The van der Waals surface area contributed by atoms with E-state index in [2.05, 4.69) is 0 Å². The predicted octanol–water partition coefficient (Wildman–Crippen LogP) is 2.18. The monoisotopic (exact) mass is 213 g/mol. The van der Waals surface area contributed by atoms with Crippen molar-refractivity contribution in [2.75, 3.05) is 11.6 Å². The smallest absolute Gasteiger partial charge is 0.164 e. The Morgan fingerprint density at radius 1 is 1.50 bits per heavy atom. The molecule has 3 nitrogen and oxygen atoms in total. The number of phenols is 1. The number of nitrogen functional groups attached to an aromatic ring is 1. The molecule has 1 aromatic carbocycles. The Bertz CT molecular complexity index is 339. The summed E-state index contributed by atoms with van der Waals surface area (Å²) < 4.78 is 0. The van der Waals surface area contributed by atoms with Gasteiger partial charge in [0.2, 0.25) is 0 Å².